The molecule has 1 N–H and O–H groups in total. The summed E-state index contributed by atoms with van der Waals surface area (Å²) in [7, 11) is 0. The fraction of sp³-hybridized carbons (Fsp3) is 0.462. The molecule has 4 heteroatoms. The van der Waals surface area contributed by atoms with E-state index < -0.39 is 0 Å². The van der Waals surface area contributed by atoms with E-state index in [2.05, 4.69) is 10.2 Å². The Morgan fingerprint density at radius 2 is 2.00 bits per heavy atom. The number of carbonyl (C=O) groups is 1. The van der Waals surface area contributed by atoms with Gasteiger partial charge < -0.3 is 10.2 Å². The Morgan fingerprint density at radius 1 is 1.29 bits per heavy atom. The molecule has 0 unspecified atom stereocenters. The Kier molecular flexibility index (Phi) is 3.89. The third-order valence-electron chi connectivity index (χ3n) is 2.98. The molecule has 17 heavy (non-hydrogen) atoms. The lowest BCUT2D eigenvalue weighted by Gasteiger charge is -2.29. The molecule has 92 valence electrons. The van der Waals surface area contributed by atoms with Crippen molar-refractivity contribution < 1.29 is 4.79 Å². The van der Waals surface area contributed by atoms with Crippen LogP contribution in [-0.2, 0) is 4.79 Å². The number of amides is 1. The number of halogens is 1. The number of benzene rings is 1. The predicted molar refractivity (Wildman–Crippen MR) is 71.8 cm³/mol. The van der Waals surface area contributed by atoms with Gasteiger partial charge in [0.2, 0.25) is 5.91 Å². The first kappa shape index (κ1) is 12.2. The second-order valence-electron chi connectivity index (χ2n) is 4.39. The second kappa shape index (κ2) is 5.41. The Morgan fingerprint density at radius 3 is 2.65 bits per heavy atom. The Labute approximate surface area is 107 Å². The molecule has 1 amide bonds. The minimum absolute atomic E-state index is 0.0947. The van der Waals surface area contributed by atoms with E-state index in [0.717, 1.165) is 18.8 Å². The van der Waals surface area contributed by atoms with Crippen LogP contribution in [0.2, 0.25) is 5.02 Å². The SMILES string of the molecule is CC(=O)Nc1cc(N2CCCCC2)ccc1Cl. The van der Waals surface area contributed by atoms with Gasteiger partial charge in [0.1, 0.15) is 0 Å². The molecule has 1 aromatic carbocycles. The maximum atomic E-state index is 11.1. The van der Waals surface area contributed by atoms with Gasteiger partial charge in [-0.25, -0.2) is 0 Å². The molecule has 2 rings (SSSR count). The van der Waals surface area contributed by atoms with Crippen molar-refractivity contribution in [1.29, 1.82) is 0 Å². The Hall–Kier alpha value is -1.22. The highest BCUT2D eigenvalue weighted by atomic mass is 35.5. The standard InChI is InChI=1S/C13H17ClN2O/c1-10(17)15-13-9-11(5-6-12(13)14)16-7-3-2-4-8-16/h5-6,9H,2-4,7-8H2,1H3,(H,15,17). The molecule has 1 heterocycles. The summed E-state index contributed by atoms with van der Waals surface area (Å²) in [5.74, 6) is -0.0947. The van der Waals surface area contributed by atoms with E-state index in [4.69, 9.17) is 11.6 Å². The normalized spacial score (nSPS) is 15.8. The molecule has 1 aliphatic rings. The molecular formula is C13H17ClN2O. The first-order valence-electron chi connectivity index (χ1n) is 5.99. The van der Waals surface area contributed by atoms with E-state index in [1.54, 1.807) is 0 Å². The van der Waals surface area contributed by atoms with E-state index >= 15 is 0 Å². The minimum Gasteiger partial charge on any atom is -0.371 e. The zero-order chi connectivity index (χ0) is 12.3. The van der Waals surface area contributed by atoms with E-state index in [-0.39, 0.29) is 5.91 Å². The molecule has 0 aliphatic carbocycles. The van der Waals surface area contributed by atoms with Crippen molar-refractivity contribution in [2.45, 2.75) is 26.2 Å². The van der Waals surface area contributed by atoms with Gasteiger partial charge in [-0.3, -0.25) is 4.79 Å². The first-order chi connectivity index (χ1) is 8.16. The topological polar surface area (TPSA) is 32.3 Å². The Balaban J connectivity index is 2.20. The summed E-state index contributed by atoms with van der Waals surface area (Å²) in [6.07, 6.45) is 3.78. The number of piperidine rings is 1. The lowest BCUT2D eigenvalue weighted by molar-refractivity contribution is -0.114. The van der Waals surface area contributed by atoms with Crippen LogP contribution in [0.25, 0.3) is 0 Å². The van der Waals surface area contributed by atoms with Crippen LogP contribution in [0.3, 0.4) is 0 Å². The van der Waals surface area contributed by atoms with Gasteiger partial charge in [0.05, 0.1) is 10.7 Å². The molecule has 1 saturated heterocycles. The van der Waals surface area contributed by atoms with Gasteiger partial charge in [0.25, 0.3) is 0 Å². The number of rotatable bonds is 2. The second-order valence-corrected chi connectivity index (χ2v) is 4.80. The fourth-order valence-electron chi connectivity index (χ4n) is 2.15. The molecule has 1 fully saturated rings. The van der Waals surface area contributed by atoms with E-state index in [1.807, 2.05) is 18.2 Å². The molecule has 1 aliphatic heterocycles. The van der Waals surface area contributed by atoms with Crippen LogP contribution in [0.4, 0.5) is 11.4 Å². The number of nitrogens with zero attached hydrogens (tertiary/aromatic N) is 1. The van der Waals surface area contributed by atoms with Crippen molar-refractivity contribution in [2.24, 2.45) is 0 Å². The van der Waals surface area contributed by atoms with Crippen molar-refractivity contribution in [3.05, 3.63) is 23.2 Å². The van der Waals surface area contributed by atoms with Crippen molar-refractivity contribution in [2.75, 3.05) is 23.3 Å². The molecule has 1 aromatic rings. The summed E-state index contributed by atoms with van der Waals surface area (Å²) in [5.41, 5.74) is 1.83. The van der Waals surface area contributed by atoms with E-state index in [9.17, 15) is 4.79 Å². The molecule has 0 atom stereocenters. The first-order valence-corrected chi connectivity index (χ1v) is 6.37. The highest BCUT2D eigenvalue weighted by Gasteiger charge is 2.12. The van der Waals surface area contributed by atoms with Crippen molar-refractivity contribution in [3.8, 4) is 0 Å². The fourth-order valence-corrected chi connectivity index (χ4v) is 2.31. The maximum absolute atomic E-state index is 11.1. The van der Waals surface area contributed by atoms with Crippen LogP contribution in [0.1, 0.15) is 26.2 Å². The van der Waals surface area contributed by atoms with Gasteiger partial charge in [-0.15, -0.1) is 0 Å². The minimum atomic E-state index is -0.0947. The summed E-state index contributed by atoms with van der Waals surface area (Å²) in [6.45, 7) is 3.66. The molecule has 0 aromatic heterocycles. The maximum Gasteiger partial charge on any atom is 0.221 e. The van der Waals surface area contributed by atoms with Gasteiger partial charge in [0, 0.05) is 25.7 Å². The summed E-state index contributed by atoms with van der Waals surface area (Å²) in [6, 6.07) is 5.81. The number of hydrogen-bond donors (Lipinski definition) is 1. The molecule has 3 nitrogen and oxygen atoms in total. The average Bonchev–Trinajstić information content (AvgIpc) is 2.32. The predicted octanol–water partition coefficient (Wildman–Crippen LogP) is 3.29. The highest BCUT2D eigenvalue weighted by molar-refractivity contribution is 6.33. The van der Waals surface area contributed by atoms with Crippen LogP contribution in [0, 0.1) is 0 Å². The van der Waals surface area contributed by atoms with Crippen LogP contribution in [-0.4, -0.2) is 19.0 Å². The quantitative estimate of drug-likeness (QED) is 0.876. The van der Waals surface area contributed by atoms with Crippen molar-refractivity contribution in [1.82, 2.24) is 0 Å². The lowest BCUT2D eigenvalue weighted by atomic mass is 10.1. The summed E-state index contributed by atoms with van der Waals surface area (Å²) in [4.78, 5) is 13.4. The third-order valence-corrected chi connectivity index (χ3v) is 3.31. The van der Waals surface area contributed by atoms with Crippen LogP contribution >= 0.6 is 11.6 Å². The van der Waals surface area contributed by atoms with Crippen LogP contribution in [0.5, 0.6) is 0 Å². The number of hydrogen-bond acceptors (Lipinski definition) is 2. The average molecular weight is 253 g/mol. The number of carbonyl (C=O) groups excluding carboxylic acids is 1. The summed E-state index contributed by atoms with van der Waals surface area (Å²) < 4.78 is 0. The summed E-state index contributed by atoms with van der Waals surface area (Å²) >= 11 is 6.05. The number of nitrogens with one attached hydrogen (secondary N) is 1. The largest absolute Gasteiger partial charge is 0.371 e. The number of anilines is 2. The van der Waals surface area contributed by atoms with Crippen LogP contribution in [0.15, 0.2) is 18.2 Å². The zero-order valence-corrected chi connectivity index (χ0v) is 10.8. The summed E-state index contributed by atoms with van der Waals surface area (Å²) in [5, 5.41) is 3.34. The van der Waals surface area contributed by atoms with Crippen molar-refractivity contribution in [3.63, 3.8) is 0 Å². The molecular weight excluding hydrogens is 236 g/mol. The van der Waals surface area contributed by atoms with Gasteiger partial charge in [0.15, 0.2) is 0 Å². The van der Waals surface area contributed by atoms with Gasteiger partial charge in [-0.05, 0) is 37.5 Å². The highest BCUT2D eigenvalue weighted by Crippen LogP contribution is 2.29. The van der Waals surface area contributed by atoms with E-state index in [1.165, 1.54) is 26.2 Å². The van der Waals surface area contributed by atoms with E-state index in [0.29, 0.717) is 10.7 Å². The van der Waals surface area contributed by atoms with Crippen molar-refractivity contribution >= 4 is 28.9 Å². The van der Waals surface area contributed by atoms with Gasteiger partial charge >= 0.3 is 0 Å². The third kappa shape index (κ3) is 3.13. The monoisotopic (exact) mass is 252 g/mol. The Bertz CT molecular complexity index is 414. The molecule has 0 radical (unpaired) electrons. The molecule has 0 spiro atoms. The van der Waals surface area contributed by atoms with Gasteiger partial charge in [-0.2, -0.15) is 0 Å². The molecule has 0 saturated carbocycles. The zero-order valence-electron chi connectivity index (χ0n) is 10.0. The van der Waals surface area contributed by atoms with Gasteiger partial charge in [-0.1, -0.05) is 11.6 Å². The molecule has 0 bridgehead atoms. The smallest absolute Gasteiger partial charge is 0.221 e. The van der Waals surface area contributed by atoms with Crippen LogP contribution < -0.4 is 10.2 Å². The lowest BCUT2D eigenvalue weighted by Crippen LogP contribution is -2.29.